The molecular weight excluding hydrogens is 352 g/mol. The summed E-state index contributed by atoms with van der Waals surface area (Å²) in [6.45, 7) is 3.88. The zero-order valence-corrected chi connectivity index (χ0v) is 13.4. The van der Waals surface area contributed by atoms with Gasteiger partial charge in [-0.2, -0.15) is 0 Å². The molecule has 0 aliphatic rings. The first kappa shape index (κ1) is 17.0. The number of aryl methyl sites for hydroxylation is 2. The van der Waals surface area contributed by atoms with Crippen LogP contribution in [-0.2, 0) is 33.5 Å². The van der Waals surface area contributed by atoms with Gasteiger partial charge in [-0.3, -0.25) is 0 Å². The van der Waals surface area contributed by atoms with Crippen molar-refractivity contribution < 1.29 is 43.3 Å². The number of rotatable bonds is 8. The zero-order valence-electron chi connectivity index (χ0n) is 12.4. The van der Waals surface area contributed by atoms with E-state index in [4.69, 9.17) is 11.1 Å². The Morgan fingerprint density at radius 1 is 0.696 bits per heavy atom. The van der Waals surface area contributed by atoms with Gasteiger partial charge in [0.2, 0.25) is 0 Å². The van der Waals surface area contributed by atoms with Gasteiger partial charge in [-0.05, 0) is 0 Å². The van der Waals surface area contributed by atoms with Crippen LogP contribution in [0.4, 0.5) is 11.4 Å². The fourth-order valence-electron chi connectivity index (χ4n) is 1.52. The van der Waals surface area contributed by atoms with Crippen molar-refractivity contribution in [2.75, 3.05) is 0 Å². The summed E-state index contributed by atoms with van der Waals surface area (Å²) in [6, 6.07) is 14.2. The Morgan fingerprint density at radius 3 is 1.39 bits per heavy atom. The van der Waals surface area contributed by atoms with Gasteiger partial charge in [-0.25, -0.2) is 0 Å². The third-order valence-electron chi connectivity index (χ3n) is 2.77. The van der Waals surface area contributed by atoms with E-state index >= 15 is 0 Å². The minimum atomic E-state index is 0.432. The molecule has 0 fully saturated rings. The van der Waals surface area contributed by atoms with Crippen molar-refractivity contribution in [3.05, 3.63) is 59.7 Å². The minimum absolute atomic E-state index is 0.432. The Hall–Kier alpha value is -2.32. The van der Waals surface area contributed by atoms with Crippen LogP contribution < -0.4 is 0 Å². The number of nitrogens with zero attached hydrogens (tertiary/aromatic N) is 2. The van der Waals surface area contributed by atoms with E-state index in [0.29, 0.717) is 36.7 Å². The van der Waals surface area contributed by atoms with Gasteiger partial charge in [0.05, 0.1) is 0 Å². The van der Waals surface area contributed by atoms with Crippen molar-refractivity contribution in [1.82, 2.24) is 0 Å². The second kappa shape index (κ2) is 8.35. The monoisotopic (exact) mass is 367 g/mol. The summed E-state index contributed by atoms with van der Waals surface area (Å²) in [5.74, 6) is 0. The fraction of sp³-hybridized carbons (Fsp3) is 0.143. The van der Waals surface area contributed by atoms with Crippen molar-refractivity contribution in [2.45, 2.75) is 13.8 Å². The molecule has 0 saturated heterocycles. The van der Waals surface area contributed by atoms with Gasteiger partial charge in [0.1, 0.15) is 0 Å². The van der Waals surface area contributed by atoms with Crippen LogP contribution in [0.15, 0.2) is 48.5 Å². The molecule has 0 aliphatic carbocycles. The molecule has 0 unspecified atom stereocenters. The Morgan fingerprint density at radius 2 is 1.04 bits per heavy atom. The maximum atomic E-state index is 7.59. The number of nitrogens with one attached hydrogen (secondary N) is 2. The van der Waals surface area contributed by atoms with Crippen LogP contribution in [-0.4, -0.2) is 9.72 Å². The molecule has 0 bridgehead atoms. The normalized spacial score (nSPS) is 10.3. The number of hydrogen-bond acceptors (Lipinski definition) is 6. The topological polar surface area (TPSA) is 90.6 Å². The van der Waals surface area contributed by atoms with E-state index in [0.717, 1.165) is 11.1 Å². The molecule has 2 aromatic carbocycles. The second-order valence-electron chi connectivity index (χ2n) is 4.56. The van der Waals surface area contributed by atoms with Crippen LogP contribution in [0.25, 0.3) is 0 Å². The van der Waals surface area contributed by atoms with Crippen LogP contribution >= 0.6 is 0 Å². The number of benzene rings is 2. The molecule has 0 radical (unpaired) electrons. The van der Waals surface area contributed by atoms with Crippen LogP contribution in [0.1, 0.15) is 11.1 Å². The van der Waals surface area contributed by atoms with Gasteiger partial charge in [0, 0.05) is 0 Å². The molecule has 8 nitrogen and oxygen atoms in total. The van der Waals surface area contributed by atoms with Gasteiger partial charge in [-0.1, -0.05) is 0 Å². The molecule has 0 heterocycles. The van der Waals surface area contributed by atoms with E-state index in [1.165, 1.54) is 0 Å². The third-order valence-corrected chi connectivity index (χ3v) is 3.04. The van der Waals surface area contributed by atoms with Gasteiger partial charge in [0.15, 0.2) is 0 Å². The third kappa shape index (κ3) is 5.42. The van der Waals surface area contributed by atoms with Gasteiger partial charge >= 0.3 is 139 Å². The van der Waals surface area contributed by atoms with E-state index in [-0.39, 0.29) is 0 Å². The maximum absolute atomic E-state index is 7.59. The molecule has 0 saturated carbocycles. The molecule has 0 spiro atoms. The molecule has 23 heavy (non-hydrogen) atoms. The summed E-state index contributed by atoms with van der Waals surface area (Å²) in [7, 11) is 0. The summed E-state index contributed by atoms with van der Waals surface area (Å²) < 4.78 is 9.15. The Labute approximate surface area is 139 Å². The molecular formula is C14H16CuN4O4+2. The Balaban J connectivity index is 1.67. The van der Waals surface area contributed by atoms with Gasteiger partial charge < -0.3 is 0 Å². The van der Waals surface area contributed by atoms with E-state index < -0.39 is 0 Å². The molecule has 2 rings (SSSR count). The zero-order chi connectivity index (χ0) is 16.7. The fourth-order valence-corrected chi connectivity index (χ4v) is 1.74. The molecule has 0 aromatic heterocycles. The average molecular weight is 368 g/mol. The van der Waals surface area contributed by atoms with Crippen LogP contribution in [0.5, 0.6) is 0 Å². The first-order valence-corrected chi connectivity index (χ1v) is 7.25. The first-order chi connectivity index (χ1) is 11.1. The second-order valence-corrected chi connectivity index (χ2v) is 5.03. The predicted octanol–water partition coefficient (Wildman–Crippen LogP) is 3.99. The molecule has 0 aliphatic heterocycles. The van der Waals surface area contributed by atoms with Crippen LogP contribution in [0.3, 0.4) is 0 Å². The summed E-state index contributed by atoms with van der Waals surface area (Å²) >= 11 is 0.432. The Bertz CT molecular complexity index is 617. The summed E-state index contributed by atoms with van der Waals surface area (Å²) in [5, 5.41) is 0. The standard InChI is InChI=1S/2C7H8N2O2.Cu/c2*1-6-2-4-7(5-3-6)9(8)11-10;/h2*2-5,8H,1H3;/q;;+2. The first-order valence-electron chi connectivity index (χ1n) is 6.48. The van der Waals surface area contributed by atoms with E-state index in [2.05, 4.69) is 17.9 Å². The van der Waals surface area contributed by atoms with Crippen molar-refractivity contribution in [2.24, 2.45) is 0 Å². The molecule has 0 amide bonds. The predicted molar refractivity (Wildman–Crippen MR) is 72.0 cm³/mol. The van der Waals surface area contributed by atoms with Crippen LogP contribution in [0, 0.1) is 24.9 Å². The summed E-state index contributed by atoms with van der Waals surface area (Å²) in [6.07, 6.45) is 0. The molecule has 2 N–H and O–H groups in total. The van der Waals surface area contributed by atoms with Crippen molar-refractivity contribution in [1.29, 1.82) is 11.1 Å². The molecule has 9 heteroatoms. The summed E-state index contributed by atoms with van der Waals surface area (Å²) in [4.78, 5) is 10.6. The van der Waals surface area contributed by atoms with E-state index in [1.807, 2.05) is 38.1 Å². The SMILES string of the molecule is Cc1ccc([N+](=N)O[O][Cu][O]O[N+](=N)c2ccc(C)cc2)cc1. The molecule has 2 aromatic rings. The molecule has 0 atom stereocenters. The quantitative estimate of drug-likeness (QED) is 0.184. The average Bonchev–Trinajstić information content (AvgIpc) is 2.55. The molecule has 125 valence electrons. The van der Waals surface area contributed by atoms with Crippen LogP contribution in [0.2, 0.25) is 0 Å². The van der Waals surface area contributed by atoms with E-state index in [1.54, 1.807) is 24.3 Å². The van der Waals surface area contributed by atoms with Crippen molar-refractivity contribution >= 4 is 11.4 Å². The van der Waals surface area contributed by atoms with Crippen molar-refractivity contribution in [3.63, 3.8) is 0 Å². The Kier molecular flexibility index (Phi) is 6.19. The van der Waals surface area contributed by atoms with Gasteiger partial charge in [-0.15, -0.1) is 0 Å². The summed E-state index contributed by atoms with van der Waals surface area (Å²) in [5.41, 5.74) is 18.3. The van der Waals surface area contributed by atoms with Gasteiger partial charge in [0.25, 0.3) is 0 Å². The van der Waals surface area contributed by atoms with Crippen molar-refractivity contribution in [3.8, 4) is 0 Å². The number of hydrogen-bond donors (Lipinski definition) is 2. The van der Waals surface area contributed by atoms with E-state index in [9.17, 15) is 0 Å².